The summed E-state index contributed by atoms with van der Waals surface area (Å²) < 4.78 is 10.9. The lowest BCUT2D eigenvalue weighted by Crippen LogP contribution is -2.40. The van der Waals surface area contributed by atoms with Gasteiger partial charge >= 0.3 is 0 Å². The number of benzene rings is 2. The normalized spacial score (nSPS) is 17.3. The molecule has 2 aromatic carbocycles. The largest absolute Gasteiger partial charge is 0.496 e. The number of carbonyl (C=O) groups excluding carboxylic acids is 2. The molecule has 2 aromatic rings. The van der Waals surface area contributed by atoms with Crippen LogP contribution in [-0.4, -0.2) is 50.1 Å². The van der Waals surface area contributed by atoms with Crippen molar-refractivity contribution in [3.05, 3.63) is 63.8 Å². The number of nitrogens with zero attached hydrogens (tertiary/aromatic N) is 2. The molecule has 0 radical (unpaired) electrons. The summed E-state index contributed by atoms with van der Waals surface area (Å²) in [7, 11) is 1.53. The number of hydrogen-bond donors (Lipinski definition) is 0. The topological polar surface area (TPSA) is 59.1 Å². The summed E-state index contributed by atoms with van der Waals surface area (Å²) in [4.78, 5) is 30.0. The Hall–Kier alpha value is -2.54. The molecule has 1 saturated heterocycles. The van der Waals surface area contributed by atoms with Crippen molar-refractivity contribution in [2.75, 3.05) is 38.3 Å². The molecule has 0 atom stereocenters. The molecule has 8 heteroatoms. The zero-order chi connectivity index (χ0) is 20.5. The minimum absolute atomic E-state index is 0.151. The van der Waals surface area contributed by atoms with Crippen molar-refractivity contribution in [2.24, 2.45) is 0 Å². The molecule has 6 nitrogen and oxygen atoms in total. The van der Waals surface area contributed by atoms with E-state index in [-0.39, 0.29) is 21.3 Å². The molecule has 2 heterocycles. The lowest BCUT2D eigenvalue weighted by molar-refractivity contribution is -0.121. The fraction of sp³-hybridized carbons (Fsp3) is 0.238. The third kappa shape index (κ3) is 3.37. The molecular weight excluding hydrogens is 415 g/mol. The monoisotopic (exact) mass is 432 g/mol. The van der Waals surface area contributed by atoms with Gasteiger partial charge in [-0.2, -0.15) is 0 Å². The Balaban J connectivity index is 1.89. The summed E-state index contributed by atoms with van der Waals surface area (Å²) >= 11 is 12.5. The van der Waals surface area contributed by atoms with E-state index in [9.17, 15) is 9.59 Å². The summed E-state index contributed by atoms with van der Waals surface area (Å²) in [6.45, 7) is 1.96. The van der Waals surface area contributed by atoms with Crippen LogP contribution in [0.4, 0.5) is 5.69 Å². The van der Waals surface area contributed by atoms with Crippen molar-refractivity contribution in [1.82, 2.24) is 4.90 Å². The second kappa shape index (κ2) is 8.06. The first-order chi connectivity index (χ1) is 14.0. The minimum atomic E-state index is -0.467. The van der Waals surface area contributed by atoms with Crippen LogP contribution < -0.4 is 9.64 Å². The Labute approximate surface area is 178 Å². The number of anilines is 1. The van der Waals surface area contributed by atoms with E-state index in [1.54, 1.807) is 36.4 Å². The Morgan fingerprint density at radius 3 is 2.41 bits per heavy atom. The van der Waals surface area contributed by atoms with Gasteiger partial charge in [0.05, 0.1) is 41.6 Å². The number of para-hydroxylation sites is 1. The van der Waals surface area contributed by atoms with Gasteiger partial charge in [0, 0.05) is 18.7 Å². The highest BCUT2D eigenvalue weighted by Crippen LogP contribution is 2.41. The summed E-state index contributed by atoms with van der Waals surface area (Å²) in [6, 6.07) is 12.0. The smallest absolute Gasteiger partial charge is 0.282 e. The molecule has 0 bridgehead atoms. The number of amides is 2. The minimum Gasteiger partial charge on any atom is -0.496 e. The first kappa shape index (κ1) is 19.8. The Bertz CT molecular complexity index is 1020. The maximum Gasteiger partial charge on any atom is 0.282 e. The molecule has 0 N–H and O–H groups in total. The van der Waals surface area contributed by atoms with Gasteiger partial charge in [-0.1, -0.05) is 47.5 Å². The van der Waals surface area contributed by atoms with Crippen LogP contribution in [0.5, 0.6) is 5.75 Å². The van der Waals surface area contributed by atoms with Gasteiger partial charge in [0.15, 0.2) is 0 Å². The van der Waals surface area contributed by atoms with Crippen LogP contribution in [0.3, 0.4) is 0 Å². The van der Waals surface area contributed by atoms with Crippen LogP contribution in [0.25, 0.3) is 5.57 Å². The Morgan fingerprint density at radius 2 is 1.69 bits per heavy atom. The van der Waals surface area contributed by atoms with E-state index >= 15 is 0 Å². The molecule has 0 spiro atoms. The van der Waals surface area contributed by atoms with Crippen molar-refractivity contribution < 1.29 is 19.1 Å². The van der Waals surface area contributed by atoms with Gasteiger partial charge in [-0.05, 0) is 18.2 Å². The fourth-order valence-corrected chi connectivity index (χ4v) is 3.96. The molecule has 150 valence electrons. The zero-order valence-corrected chi connectivity index (χ0v) is 17.2. The standard InChI is InChI=1S/C21H18Cl2N2O4/c1-28-16-8-3-2-5-13(16)17-19(24-9-11-29-12-10-24)21(27)25(20(17)26)15-7-4-6-14(22)18(15)23/h2-8H,9-12H2,1H3. The van der Waals surface area contributed by atoms with Gasteiger partial charge in [0.1, 0.15) is 11.4 Å². The molecule has 4 rings (SSSR count). The van der Waals surface area contributed by atoms with E-state index in [4.69, 9.17) is 32.7 Å². The van der Waals surface area contributed by atoms with Crippen LogP contribution >= 0.6 is 23.2 Å². The van der Waals surface area contributed by atoms with Crippen molar-refractivity contribution in [3.8, 4) is 5.75 Å². The SMILES string of the molecule is COc1ccccc1C1=C(N2CCOCC2)C(=O)N(c2cccc(Cl)c2Cl)C1=O. The molecule has 0 unspecified atom stereocenters. The van der Waals surface area contributed by atoms with Gasteiger partial charge in [0.25, 0.3) is 11.8 Å². The van der Waals surface area contributed by atoms with Crippen LogP contribution in [0.1, 0.15) is 5.56 Å². The lowest BCUT2D eigenvalue weighted by Gasteiger charge is -2.29. The molecule has 2 amide bonds. The van der Waals surface area contributed by atoms with E-state index in [0.717, 1.165) is 4.90 Å². The first-order valence-corrected chi connectivity index (χ1v) is 9.83. The number of imide groups is 1. The molecule has 2 aliphatic rings. The quantitative estimate of drug-likeness (QED) is 0.690. The van der Waals surface area contributed by atoms with Crippen molar-refractivity contribution in [3.63, 3.8) is 0 Å². The highest BCUT2D eigenvalue weighted by molar-refractivity contribution is 6.49. The van der Waals surface area contributed by atoms with E-state index in [0.29, 0.717) is 43.3 Å². The summed E-state index contributed by atoms with van der Waals surface area (Å²) in [5.74, 6) is -0.402. The van der Waals surface area contributed by atoms with E-state index in [1.165, 1.54) is 7.11 Å². The Kier molecular flexibility index (Phi) is 5.50. The molecule has 1 fully saturated rings. The Morgan fingerprint density at radius 1 is 0.966 bits per heavy atom. The number of methoxy groups -OCH3 is 1. The number of halogens is 2. The van der Waals surface area contributed by atoms with Crippen molar-refractivity contribution in [1.29, 1.82) is 0 Å². The predicted molar refractivity (Wildman–Crippen MR) is 111 cm³/mol. The maximum absolute atomic E-state index is 13.5. The second-order valence-corrected chi connectivity index (χ2v) is 7.33. The molecule has 0 saturated carbocycles. The van der Waals surface area contributed by atoms with Crippen LogP contribution in [0, 0.1) is 0 Å². The molecule has 0 aliphatic carbocycles. The highest BCUT2D eigenvalue weighted by Gasteiger charge is 2.44. The van der Waals surface area contributed by atoms with Gasteiger partial charge in [-0.3, -0.25) is 9.59 Å². The summed E-state index contributed by atoms with van der Waals surface area (Å²) in [5, 5.41) is 0.418. The highest BCUT2D eigenvalue weighted by atomic mass is 35.5. The summed E-state index contributed by atoms with van der Waals surface area (Å²) in [5.41, 5.74) is 1.41. The number of morpholine rings is 1. The van der Waals surface area contributed by atoms with Gasteiger partial charge in [0.2, 0.25) is 0 Å². The number of carbonyl (C=O) groups is 2. The molecule has 2 aliphatic heterocycles. The average molecular weight is 433 g/mol. The number of ether oxygens (including phenoxy) is 2. The van der Waals surface area contributed by atoms with Crippen LogP contribution in [0.2, 0.25) is 10.0 Å². The maximum atomic E-state index is 13.5. The number of hydrogen-bond acceptors (Lipinski definition) is 5. The fourth-order valence-electron chi connectivity index (χ4n) is 3.58. The predicted octanol–water partition coefficient (Wildman–Crippen LogP) is 3.62. The third-order valence-corrected chi connectivity index (χ3v) is 5.74. The van der Waals surface area contributed by atoms with Crippen LogP contribution in [0.15, 0.2) is 48.2 Å². The van der Waals surface area contributed by atoms with E-state index < -0.39 is 11.8 Å². The van der Waals surface area contributed by atoms with Crippen molar-refractivity contribution >= 4 is 46.3 Å². The molecule has 0 aromatic heterocycles. The first-order valence-electron chi connectivity index (χ1n) is 9.07. The molecule has 29 heavy (non-hydrogen) atoms. The van der Waals surface area contributed by atoms with E-state index in [2.05, 4.69) is 0 Å². The van der Waals surface area contributed by atoms with Gasteiger partial charge in [-0.25, -0.2) is 4.90 Å². The van der Waals surface area contributed by atoms with Gasteiger partial charge < -0.3 is 14.4 Å². The molecular formula is C21H18Cl2N2O4. The third-order valence-electron chi connectivity index (χ3n) is 4.94. The van der Waals surface area contributed by atoms with E-state index in [1.807, 2.05) is 11.0 Å². The second-order valence-electron chi connectivity index (χ2n) is 6.54. The lowest BCUT2D eigenvalue weighted by atomic mass is 10.0. The van der Waals surface area contributed by atoms with Crippen molar-refractivity contribution in [2.45, 2.75) is 0 Å². The van der Waals surface area contributed by atoms with Crippen LogP contribution in [-0.2, 0) is 14.3 Å². The summed E-state index contributed by atoms with van der Waals surface area (Å²) in [6.07, 6.45) is 0. The van der Waals surface area contributed by atoms with Gasteiger partial charge in [-0.15, -0.1) is 0 Å². The number of rotatable bonds is 4. The zero-order valence-electron chi connectivity index (χ0n) is 15.7. The average Bonchev–Trinajstić information content (AvgIpc) is 3.00.